The summed E-state index contributed by atoms with van der Waals surface area (Å²) in [4.78, 5) is 34.8. The summed E-state index contributed by atoms with van der Waals surface area (Å²) in [6, 6.07) is 11.0. The second-order valence-corrected chi connectivity index (χ2v) is 7.98. The van der Waals surface area contributed by atoms with Crippen LogP contribution in [0.3, 0.4) is 0 Å². The molecule has 4 aromatic rings. The fourth-order valence-corrected chi connectivity index (χ4v) is 3.74. The lowest BCUT2D eigenvalue weighted by molar-refractivity contribution is 0.473. The Morgan fingerprint density at radius 2 is 1.88 bits per heavy atom. The molecule has 8 heteroatoms. The first-order valence-electron chi connectivity index (χ1n) is 10.4. The van der Waals surface area contributed by atoms with Gasteiger partial charge in [-0.25, -0.2) is 9.78 Å². The predicted molar refractivity (Wildman–Crippen MR) is 125 cm³/mol. The number of ether oxygens (including phenoxy) is 1. The van der Waals surface area contributed by atoms with Crippen molar-refractivity contribution in [1.82, 2.24) is 19.1 Å². The number of nitrogens with zero attached hydrogens (tertiary/aromatic N) is 4. The van der Waals surface area contributed by atoms with Crippen LogP contribution in [0.25, 0.3) is 11.0 Å². The number of benzene rings is 1. The topological polar surface area (TPSA) is 79.0 Å². The van der Waals surface area contributed by atoms with Gasteiger partial charge in [-0.15, -0.1) is 0 Å². The zero-order valence-corrected chi connectivity index (χ0v) is 18.7. The van der Waals surface area contributed by atoms with Crippen LogP contribution in [-0.4, -0.2) is 19.1 Å². The molecule has 0 atom stereocenters. The third-order valence-corrected chi connectivity index (χ3v) is 5.57. The summed E-state index contributed by atoms with van der Waals surface area (Å²) in [5.41, 5.74) is 1.21. The Kier molecular flexibility index (Phi) is 6.37. The summed E-state index contributed by atoms with van der Waals surface area (Å²) in [6.07, 6.45) is 6.81. The molecule has 0 aliphatic carbocycles. The van der Waals surface area contributed by atoms with Crippen molar-refractivity contribution in [3.8, 4) is 11.5 Å². The van der Waals surface area contributed by atoms with E-state index in [0.29, 0.717) is 46.1 Å². The van der Waals surface area contributed by atoms with Crippen molar-refractivity contribution in [3.63, 3.8) is 0 Å². The Morgan fingerprint density at radius 3 is 2.56 bits per heavy atom. The van der Waals surface area contributed by atoms with Gasteiger partial charge in [-0.3, -0.25) is 18.9 Å². The SMILES string of the molecule is CCCCn1c(=O)c2c(Cc3ccc(Cl)cc3)c(Oc3cccnc3)cnc2n(C)c1=O. The second-order valence-electron chi connectivity index (χ2n) is 7.55. The van der Waals surface area contributed by atoms with E-state index in [-0.39, 0.29) is 11.2 Å². The van der Waals surface area contributed by atoms with Crippen LogP contribution >= 0.6 is 11.6 Å². The van der Waals surface area contributed by atoms with E-state index in [1.54, 1.807) is 49.9 Å². The molecule has 0 unspecified atom stereocenters. The van der Waals surface area contributed by atoms with Crippen molar-refractivity contribution >= 4 is 22.6 Å². The fourth-order valence-electron chi connectivity index (χ4n) is 3.61. The zero-order valence-electron chi connectivity index (χ0n) is 17.9. The molecule has 0 fully saturated rings. The number of pyridine rings is 2. The monoisotopic (exact) mass is 450 g/mol. The zero-order chi connectivity index (χ0) is 22.7. The minimum absolute atomic E-state index is 0.329. The van der Waals surface area contributed by atoms with Crippen molar-refractivity contribution in [2.45, 2.75) is 32.7 Å². The maximum Gasteiger partial charge on any atom is 0.332 e. The smallest absolute Gasteiger partial charge is 0.332 e. The highest BCUT2D eigenvalue weighted by Crippen LogP contribution is 2.30. The minimum Gasteiger partial charge on any atom is -0.454 e. The Hall–Kier alpha value is -3.45. The van der Waals surface area contributed by atoms with E-state index in [1.165, 1.54) is 9.13 Å². The molecule has 3 heterocycles. The molecule has 0 aliphatic heterocycles. The van der Waals surface area contributed by atoms with Gasteiger partial charge in [0.25, 0.3) is 5.56 Å². The minimum atomic E-state index is -0.373. The maximum atomic E-state index is 13.5. The number of rotatable bonds is 7. The average Bonchev–Trinajstić information content (AvgIpc) is 2.80. The number of halogens is 1. The van der Waals surface area contributed by atoms with E-state index >= 15 is 0 Å². The van der Waals surface area contributed by atoms with Crippen LogP contribution in [-0.2, 0) is 20.0 Å². The molecule has 0 spiro atoms. The lowest BCUT2D eigenvalue weighted by atomic mass is 10.0. The summed E-state index contributed by atoms with van der Waals surface area (Å²) in [5, 5.41) is 1.00. The molecular formula is C24H23ClN4O3. The number of aryl methyl sites for hydroxylation is 1. The molecule has 4 rings (SSSR count). The number of fused-ring (bicyclic) bond motifs is 1. The number of hydrogen-bond acceptors (Lipinski definition) is 5. The first kappa shape index (κ1) is 21.8. The molecular weight excluding hydrogens is 428 g/mol. The third kappa shape index (κ3) is 4.29. The Labute approximate surface area is 189 Å². The third-order valence-electron chi connectivity index (χ3n) is 5.31. The van der Waals surface area contributed by atoms with Gasteiger partial charge in [-0.05, 0) is 36.2 Å². The molecule has 0 N–H and O–H groups in total. The van der Waals surface area contributed by atoms with Gasteiger partial charge in [0, 0.05) is 36.8 Å². The van der Waals surface area contributed by atoms with Gasteiger partial charge in [-0.2, -0.15) is 0 Å². The van der Waals surface area contributed by atoms with E-state index in [9.17, 15) is 9.59 Å². The molecule has 0 saturated heterocycles. The molecule has 7 nitrogen and oxygen atoms in total. The normalized spacial score (nSPS) is 11.1. The number of aromatic nitrogens is 4. The highest BCUT2D eigenvalue weighted by Gasteiger charge is 2.20. The molecule has 0 saturated carbocycles. The lowest BCUT2D eigenvalue weighted by Gasteiger charge is -2.16. The van der Waals surface area contributed by atoms with Crippen LogP contribution in [0.5, 0.6) is 11.5 Å². The van der Waals surface area contributed by atoms with Crippen LogP contribution in [0.2, 0.25) is 5.02 Å². The summed E-state index contributed by atoms with van der Waals surface area (Å²) < 4.78 is 8.78. The second kappa shape index (κ2) is 9.36. The highest BCUT2D eigenvalue weighted by atomic mass is 35.5. The van der Waals surface area contributed by atoms with Crippen LogP contribution in [0.1, 0.15) is 30.9 Å². The highest BCUT2D eigenvalue weighted by molar-refractivity contribution is 6.30. The summed E-state index contributed by atoms with van der Waals surface area (Å²) in [7, 11) is 1.63. The summed E-state index contributed by atoms with van der Waals surface area (Å²) >= 11 is 6.05. The maximum absolute atomic E-state index is 13.5. The first-order chi connectivity index (χ1) is 15.5. The quantitative estimate of drug-likeness (QED) is 0.418. The molecule has 0 aliphatic rings. The standard InChI is InChI=1S/C24H23ClN4O3/c1-3-4-12-29-23(30)21-19(13-16-7-9-17(25)10-8-16)20(32-18-6-5-11-26-14-18)15-27-22(21)28(2)24(29)31/h5-11,14-15H,3-4,12-13H2,1-2H3. The van der Waals surface area contributed by atoms with Gasteiger partial charge < -0.3 is 4.74 Å². The predicted octanol–water partition coefficient (Wildman–Crippen LogP) is 4.33. The van der Waals surface area contributed by atoms with E-state index < -0.39 is 0 Å². The lowest BCUT2D eigenvalue weighted by Crippen LogP contribution is -2.39. The molecule has 0 bridgehead atoms. The van der Waals surface area contributed by atoms with Crippen LogP contribution < -0.4 is 16.0 Å². The van der Waals surface area contributed by atoms with Crippen molar-refractivity contribution in [1.29, 1.82) is 0 Å². The largest absolute Gasteiger partial charge is 0.454 e. The molecule has 0 radical (unpaired) electrons. The van der Waals surface area contributed by atoms with Crippen molar-refractivity contribution in [3.05, 3.63) is 92.0 Å². The van der Waals surface area contributed by atoms with Gasteiger partial charge >= 0.3 is 5.69 Å². The van der Waals surface area contributed by atoms with Crippen molar-refractivity contribution in [2.75, 3.05) is 0 Å². The van der Waals surface area contributed by atoms with Gasteiger partial charge in [-0.1, -0.05) is 37.1 Å². The molecule has 1 aromatic carbocycles. The summed E-state index contributed by atoms with van der Waals surface area (Å²) in [5.74, 6) is 0.973. The Morgan fingerprint density at radius 1 is 1.09 bits per heavy atom. The molecule has 0 amide bonds. The van der Waals surface area contributed by atoms with Crippen LogP contribution in [0.15, 0.2) is 64.6 Å². The van der Waals surface area contributed by atoms with Crippen molar-refractivity contribution in [2.24, 2.45) is 7.05 Å². The van der Waals surface area contributed by atoms with Gasteiger partial charge in [0.05, 0.1) is 17.8 Å². The van der Waals surface area contributed by atoms with E-state index in [4.69, 9.17) is 16.3 Å². The number of hydrogen-bond donors (Lipinski definition) is 0. The van der Waals surface area contributed by atoms with Crippen molar-refractivity contribution < 1.29 is 4.74 Å². The van der Waals surface area contributed by atoms with E-state index in [2.05, 4.69) is 9.97 Å². The fraction of sp³-hybridized carbons (Fsp3) is 0.250. The van der Waals surface area contributed by atoms with Gasteiger partial charge in [0.1, 0.15) is 17.1 Å². The Balaban J connectivity index is 1.97. The summed E-state index contributed by atoms with van der Waals surface area (Å²) in [6.45, 7) is 2.37. The Bertz CT molecular complexity index is 1360. The first-order valence-corrected chi connectivity index (χ1v) is 10.8. The molecule has 164 valence electrons. The van der Waals surface area contributed by atoms with E-state index in [0.717, 1.165) is 18.4 Å². The average molecular weight is 451 g/mol. The number of unbranched alkanes of at least 4 members (excludes halogenated alkanes) is 1. The van der Waals surface area contributed by atoms with Gasteiger partial charge in [0.2, 0.25) is 0 Å². The molecule has 3 aromatic heterocycles. The molecule has 32 heavy (non-hydrogen) atoms. The van der Waals surface area contributed by atoms with E-state index in [1.807, 2.05) is 19.1 Å². The van der Waals surface area contributed by atoms with Crippen LogP contribution in [0.4, 0.5) is 0 Å². The van der Waals surface area contributed by atoms with Gasteiger partial charge in [0.15, 0.2) is 0 Å². The van der Waals surface area contributed by atoms with Crippen LogP contribution in [0, 0.1) is 0 Å².